The van der Waals surface area contributed by atoms with Gasteiger partial charge in [-0.1, -0.05) is 37.3 Å². The first kappa shape index (κ1) is 21.4. The molecule has 0 fully saturated rings. The largest absolute Gasteiger partial charge is 0.441 e. The van der Waals surface area contributed by atoms with Crippen molar-refractivity contribution in [1.82, 2.24) is 15.6 Å². The first-order chi connectivity index (χ1) is 10.3. The van der Waals surface area contributed by atoms with Crippen LogP contribution in [0.1, 0.15) is 19.2 Å². The van der Waals surface area contributed by atoms with Gasteiger partial charge in [0.15, 0.2) is 11.7 Å². The lowest BCUT2D eigenvalue weighted by atomic mass is 10.2. The molecule has 0 aliphatic heterocycles. The molecule has 2 N–H and O–H groups in total. The minimum atomic E-state index is 0. The summed E-state index contributed by atoms with van der Waals surface area (Å²) in [6.07, 6.45) is 2.61. The molecule has 0 bridgehead atoms. The molecule has 1 heterocycles. The van der Waals surface area contributed by atoms with Gasteiger partial charge >= 0.3 is 0 Å². The van der Waals surface area contributed by atoms with Gasteiger partial charge in [0.1, 0.15) is 0 Å². The van der Waals surface area contributed by atoms with E-state index in [1.165, 1.54) is 0 Å². The highest BCUT2D eigenvalue weighted by molar-refractivity contribution is 5.85. The Kier molecular flexibility index (Phi) is 11.1. The van der Waals surface area contributed by atoms with Crippen LogP contribution in [0.4, 0.5) is 0 Å². The minimum absolute atomic E-state index is 0. The Morgan fingerprint density at radius 3 is 2.61 bits per heavy atom. The van der Waals surface area contributed by atoms with E-state index in [4.69, 9.17) is 4.42 Å². The standard InChI is InChI=1S/C16H21N3O2.2ClH/c1-2-17-10-11-18-15(20)8-9-16-19-12-14(21-16)13-6-4-3-5-7-13;;/h3-7,12,17H,2,8-11H2,1H3,(H,18,20);2*1H. The average Bonchev–Trinajstić information content (AvgIpc) is 2.99. The molecule has 0 unspecified atom stereocenters. The van der Waals surface area contributed by atoms with Crippen molar-refractivity contribution in [3.63, 3.8) is 0 Å². The van der Waals surface area contributed by atoms with E-state index in [0.29, 0.717) is 25.3 Å². The number of oxazole rings is 1. The van der Waals surface area contributed by atoms with Crippen LogP contribution in [0.2, 0.25) is 0 Å². The van der Waals surface area contributed by atoms with Gasteiger partial charge in [-0.05, 0) is 6.54 Å². The van der Waals surface area contributed by atoms with Gasteiger partial charge in [0.05, 0.1) is 6.20 Å². The highest BCUT2D eigenvalue weighted by Crippen LogP contribution is 2.20. The summed E-state index contributed by atoms with van der Waals surface area (Å²) in [5, 5.41) is 6.01. The van der Waals surface area contributed by atoms with E-state index in [1.54, 1.807) is 6.20 Å². The Morgan fingerprint density at radius 1 is 1.17 bits per heavy atom. The van der Waals surface area contributed by atoms with Crippen LogP contribution in [0, 0.1) is 0 Å². The molecule has 1 aromatic heterocycles. The molecule has 0 spiro atoms. The van der Waals surface area contributed by atoms with Gasteiger partial charge in [0.2, 0.25) is 5.91 Å². The lowest BCUT2D eigenvalue weighted by Gasteiger charge is -2.04. The fourth-order valence-electron chi connectivity index (χ4n) is 1.94. The third-order valence-corrected chi connectivity index (χ3v) is 3.05. The van der Waals surface area contributed by atoms with Gasteiger partial charge in [-0.3, -0.25) is 4.79 Å². The van der Waals surface area contributed by atoms with Gasteiger partial charge in [0, 0.05) is 31.5 Å². The van der Waals surface area contributed by atoms with Crippen LogP contribution >= 0.6 is 24.8 Å². The molecule has 0 aliphatic carbocycles. The van der Waals surface area contributed by atoms with Crippen LogP contribution in [-0.2, 0) is 11.2 Å². The molecule has 0 saturated carbocycles. The number of likely N-dealkylation sites (N-methyl/N-ethyl adjacent to an activating group) is 1. The van der Waals surface area contributed by atoms with Gasteiger partial charge in [0.25, 0.3) is 0 Å². The lowest BCUT2D eigenvalue weighted by molar-refractivity contribution is -0.121. The summed E-state index contributed by atoms with van der Waals surface area (Å²) in [4.78, 5) is 15.9. The van der Waals surface area contributed by atoms with E-state index >= 15 is 0 Å². The van der Waals surface area contributed by atoms with Crippen LogP contribution < -0.4 is 10.6 Å². The van der Waals surface area contributed by atoms with Crippen molar-refractivity contribution in [2.45, 2.75) is 19.8 Å². The summed E-state index contributed by atoms with van der Waals surface area (Å²) in [6, 6.07) is 9.80. The number of carbonyl (C=O) groups excluding carboxylic acids is 1. The summed E-state index contributed by atoms with van der Waals surface area (Å²) in [5.41, 5.74) is 0.992. The second-order valence-corrected chi connectivity index (χ2v) is 4.69. The molecule has 0 radical (unpaired) electrons. The van der Waals surface area contributed by atoms with Gasteiger partial charge in [-0.15, -0.1) is 24.8 Å². The highest BCUT2D eigenvalue weighted by atomic mass is 35.5. The molecule has 0 aliphatic rings. The van der Waals surface area contributed by atoms with E-state index < -0.39 is 0 Å². The molecule has 1 aromatic carbocycles. The maximum absolute atomic E-state index is 11.6. The number of nitrogens with one attached hydrogen (secondary N) is 2. The molecule has 5 nitrogen and oxygen atoms in total. The van der Waals surface area contributed by atoms with E-state index in [9.17, 15) is 4.79 Å². The van der Waals surface area contributed by atoms with Crippen molar-refractivity contribution < 1.29 is 9.21 Å². The van der Waals surface area contributed by atoms with E-state index in [0.717, 1.165) is 24.4 Å². The maximum atomic E-state index is 11.6. The molecule has 7 heteroatoms. The Hall–Kier alpha value is -1.56. The van der Waals surface area contributed by atoms with Crippen LogP contribution in [0.5, 0.6) is 0 Å². The Morgan fingerprint density at radius 2 is 1.91 bits per heavy atom. The number of benzene rings is 1. The fourth-order valence-corrected chi connectivity index (χ4v) is 1.94. The van der Waals surface area contributed by atoms with Crippen molar-refractivity contribution in [3.8, 4) is 11.3 Å². The third-order valence-electron chi connectivity index (χ3n) is 3.05. The molecule has 23 heavy (non-hydrogen) atoms. The molecule has 0 atom stereocenters. The number of rotatable bonds is 8. The third kappa shape index (κ3) is 7.50. The second-order valence-electron chi connectivity index (χ2n) is 4.69. The number of nitrogens with zero attached hydrogens (tertiary/aromatic N) is 1. The smallest absolute Gasteiger partial charge is 0.220 e. The molecular formula is C16H23Cl2N3O2. The van der Waals surface area contributed by atoms with Crippen molar-refractivity contribution in [2.75, 3.05) is 19.6 Å². The molecular weight excluding hydrogens is 337 g/mol. The normalized spacial score (nSPS) is 9.61. The molecule has 1 amide bonds. The van der Waals surface area contributed by atoms with Crippen LogP contribution in [0.3, 0.4) is 0 Å². The van der Waals surface area contributed by atoms with E-state index in [1.807, 2.05) is 37.3 Å². The summed E-state index contributed by atoms with van der Waals surface area (Å²) >= 11 is 0. The zero-order valence-corrected chi connectivity index (χ0v) is 14.7. The zero-order valence-electron chi connectivity index (χ0n) is 13.1. The predicted octanol–water partition coefficient (Wildman–Crippen LogP) is 2.84. The van der Waals surface area contributed by atoms with Gasteiger partial charge < -0.3 is 15.1 Å². The van der Waals surface area contributed by atoms with Crippen molar-refractivity contribution >= 4 is 30.7 Å². The number of aromatic nitrogens is 1. The van der Waals surface area contributed by atoms with Crippen molar-refractivity contribution in [2.24, 2.45) is 0 Å². The maximum Gasteiger partial charge on any atom is 0.220 e. The highest BCUT2D eigenvalue weighted by Gasteiger charge is 2.08. The molecule has 128 valence electrons. The van der Waals surface area contributed by atoms with Crippen LogP contribution in [0.25, 0.3) is 11.3 Å². The predicted molar refractivity (Wildman–Crippen MR) is 96.3 cm³/mol. The summed E-state index contributed by atoms with van der Waals surface area (Å²) in [6.45, 7) is 4.39. The number of carbonyl (C=O) groups is 1. The first-order valence-electron chi connectivity index (χ1n) is 7.27. The molecule has 0 saturated heterocycles. The molecule has 2 rings (SSSR count). The van der Waals surface area contributed by atoms with Gasteiger partial charge in [-0.2, -0.15) is 0 Å². The number of hydrogen-bond donors (Lipinski definition) is 2. The zero-order chi connectivity index (χ0) is 14.9. The quantitative estimate of drug-likeness (QED) is 0.711. The summed E-state index contributed by atoms with van der Waals surface area (Å²) in [5.74, 6) is 1.35. The average molecular weight is 360 g/mol. The summed E-state index contributed by atoms with van der Waals surface area (Å²) < 4.78 is 5.66. The molecule has 2 aromatic rings. The minimum Gasteiger partial charge on any atom is -0.441 e. The monoisotopic (exact) mass is 359 g/mol. The number of aryl methyl sites for hydroxylation is 1. The summed E-state index contributed by atoms with van der Waals surface area (Å²) in [7, 11) is 0. The Labute approximate surface area is 149 Å². The number of hydrogen-bond acceptors (Lipinski definition) is 4. The number of halogens is 2. The van der Waals surface area contributed by atoms with E-state index in [2.05, 4.69) is 15.6 Å². The first-order valence-corrected chi connectivity index (χ1v) is 7.27. The Balaban J connectivity index is 0.00000242. The van der Waals surface area contributed by atoms with Crippen LogP contribution in [-0.4, -0.2) is 30.5 Å². The number of amides is 1. The van der Waals surface area contributed by atoms with Crippen molar-refractivity contribution in [3.05, 3.63) is 42.4 Å². The van der Waals surface area contributed by atoms with Crippen LogP contribution in [0.15, 0.2) is 40.9 Å². The SMILES string of the molecule is CCNCCNC(=O)CCc1ncc(-c2ccccc2)o1.Cl.Cl. The topological polar surface area (TPSA) is 67.2 Å². The second kappa shape index (κ2) is 11.9. The lowest BCUT2D eigenvalue weighted by Crippen LogP contribution is -2.31. The van der Waals surface area contributed by atoms with E-state index in [-0.39, 0.29) is 30.7 Å². The van der Waals surface area contributed by atoms with Crippen molar-refractivity contribution in [1.29, 1.82) is 0 Å². The Bertz CT molecular complexity index is 561. The van der Waals surface area contributed by atoms with Gasteiger partial charge in [-0.25, -0.2) is 4.98 Å². The fraction of sp³-hybridized carbons (Fsp3) is 0.375.